The number of amides is 1. The molecule has 0 bridgehead atoms. The standard InChI is InChI=1S/C12H23N7O/c1-7(2)6-14-9(20)8(3)15-11-16-10(13)17-12(18-11)19(4)5/h7-8H,6H2,1-5H3,(H,14,20)(H3,13,15,16,17,18). The first kappa shape index (κ1) is 15.9. The molecule has 1 rings (SSSR count). The number of carbonyl (C=O) groups excluding carboxylic acids is 1. The summed E-state index contributed by atoms with van der Waals surface area (Å²) in [6.45, 7) is 6.45. The summed E-state index contributed by atoms with van der Waals surface area (Å²) >= 11 is 0. The summed E-state index contributed by atoms with van der Waals surface area (Å²) in [6, 6.07) is -0.453. The van der Waals surface area contributed by atoms with Crippen molar-refractivity contribution < 1.29 is 4.79 Å². The Bertz CT molecular complexity index is 461. The van der Waals surface area contributed by atoms with Crippen molar-refractivity contribution in [1.29, 1.82) is 0 Å². The lowest BCUT2D eigenvalue weighted by Gasteiger charge is -2.16. The number of carbonyl (C=O) groups is 1. The average molecular weight is 281 g/mol. The second-order valence-electron chi connectivity index (χ2n) is 5.22. The number of aromatic nitrogens is 3. The molecule has 0 fully saturated rings. The molecule has 0 radical (unpaired) electrons. The topological polar surface area (TPSA) is 109 Å². The fraction of sp³-hybridized carbons (Fsp3) is 0.667. The van der Waals surface area contributed by atoms with Gasteiger partial charge in [0.05, 0.1) is 0 Å². The van der Waals surface area contributed by atoms with Crippen LogP contribution in [0.3, 0.4) is 0 Å². The molecule has 0 saturated heterocycles. The predicted octanol–water partition coefficient (Wildman–Crippen LogP) is 0.0924. The molecule has 1 atom stereocenters. The summed E-state index contributed by atoms with van der Waals surface area (Å²) in [6.07, 6.45) is 0. The van der Waals surface area contributed by atoms with Crippen molar-refractivity contribution in [2.45, 2.75) is 26.8 Å². The van der Waals surface area contributed by atoms with E-state index in [1.54, 1.807) is 25.9 Å². The molecule has 112 valence electrons. The molecule has 1 heterocycles. The smallest absolute Gasteiger partial charge is 0.242 e. The molecule has 20 heavy (non-hydrogen) atoms. The van der Waals surface area contributed by atoms with E-state index in [0.29, 0.717) is 18.4 Å². The highest BCUT2D eigenvalue weighted by Gasteiger charge is 2.15. The SMILES string of the molecule is CC(C)CNC(=O)C(C)Nc1nc(N)nc(N(C)C)n1. The van der Waals surface area contributed by atoms with E-state index in [1.165, 1.54) is 0 Å². The molecule has 1 unspecified atom stereocenters. The summed E-state index contributed by atoms with van der Waals surface area (Å²) < 4.78 is 0. The van der Waals surface area contributed by atoms with E-state index in [0.717, 1.165) is 0 Å². The van der Waals surface area contributed by atoms with E-state index in [1.807, 2.05) is 13.8 Å². The molecule has 8 heteroatoms. The normalized spacial score (nSPS) is 12.1. The Balaban J connectivity index is 2.70. The van der Waals surface area contributed by atoms with Gasteiger partial charge in [0.15, 0.2) is 0 Å². The molecule has 0 aliphatic carbocycles. The Morgan fingerprint density at radius 2 is 1.90 bits per heavy atom. The number of nitrogens with zero attached hydrogens (tertiary/aromatic N) is 4. The Labute approximate surface area is 119 Å². The highest BCUT2D eigenvalue weighted by Crippen LogP contribution is 2.10. The van der Waals surface area contributed by atoms with Gasteiger partial charge in [-0.1, -0.05) is 13.8 Å². The van der Waals surface area contributed by atoms with Crippen LogP contribution >= 0.6 is 0 Å². The van der Waals surface area contributed by atoms with Gasteiger partial charge in [0.25, 0.3) is 0 Å². The van der Waals surface area contributed by atoms with Crippen LogP contribution in [0.2, 0.25) is 0 Å². The molecular formula is C12H23N7O. The maximum atomic E-state index is 11.9. The van der Waals surface area contributed by atoms with Crippen LogP contribution in [0.5, 0.6) is 0 Å². The fourth-order valence-electron chi connectivity index (χ4n) is 1.36. The Morgan fingerprint density at radius 1 is 1.25 bits per heavy atom. The molecule has 0 aliphatic heterocycles. The van der Waals surface area contributed by atoms with Crippen LogP contribution in [0.15, 0.2) is 0 Å². The maximum Gasteiger partial charge on any atom is 0.242 e. The minimum absolute atomic E-state index is 0.107. The first-order valence-corrected chi connectivity index (χ1v) is 6.52. The number of nitrogen functional groups attached to an aromatic ring is 1. The van der Waals surface area contributed by atoms with Gasteiger partial charge in [-0.05, 0) is 12.8 Å². The lowest BCUT2D eigenvalue weighted by atomic mass is 10.2. The highest BCUT2D eigenvalue weighted by molar-refractivity contribution is 5.83. The highest BCUT2D eigenvalue weighted by atomic mass is 16.2. The third kappa shape index (κ3) is 4.87. The molecule has 0 saturated carbocycles. The summed E-state index contributed by atoms with van der Waals surface area (Å²) in [5, 5.41) is 5.76. The van der Waals surface area contributed by atoms with Gasteiger partial charge < -0.3 is 21.3 Å². The van der Waals surface area contributed by atoms with Crippen LogP contribution in [-0.2, 0) is 4.79 Å². The van der Waals surface area contributed by atoms with Gasteiger partial charge >= 0.3 is 0 Å². The molecule has 1 aromatic heterocycles. The van der Waals surface area contributed by atoms with E-state index >= 15 is 0 Å². The summed E-state index contributed by atoms with van der Waals surface area (Å²) in [4.78, 5) is 25.7. The minimum Gasteiger partial charge on any atom is -0.368 e. The molecule has 1 aromatic rings. The van der Waals surface area contributed by atoms with E-state index < -0.39 is 6.04 Å². The van der Waals surface area contributed by atoms with Crippen molar-refractivity contribution in [3.05, 3.63) is 0 Å². The van der Waals surface area contributed by atoms with Gasteiger partial charge in [-0.25, -0.2) is 0 Å². The average Bonchev–Trinajstić information content (AvgIpc) is 2.34. The van der Waals surface area contributed by atoms with E-state index in [-0.39, 0.29) is 17.8 Å². The maximum absolute atomic E-state index is 11.9. The number of rotatable bonds is 6. The van der Waals surface area contributed by atoms with Crippen LogP contribution in [-0.4, -0.2) is 47.5 Å². The number of nitrogens with one attached hydrogen (secondary N) is 2. The molecule has 8 nitrogen and oxygen atoms in total. The van der Waals surface area contributed by atoms with Crippen molar-refractivity contribution in [3.63, 3.8) is 0 Å². The van der Waals surface area contributed by atoms with Gasteiger partial charge in [0, 0.05) is 20.6 Å². The van der Waals surface area contributed by atoms with Gasteiger partial charge in [0.2, 0.25) is 23.8 Å². The zero-order chi connectivity index (χ0) is 15.3. The largest absolute Gasteiger partial charge is 0.368 e. The zero-order valence-corrected chi connectivity index (χ0v) is 12.6. The Kier molecular flexibility index (Phi) is 5.48. The van der Waals surface area contributed by atoms with Gasteiger partial charge in [0.1, 0.15) is 6.04 Å². The van der Waals surface area contributed by atoms with Crippen LogP contribution < -0.4 is 21.3 Å². The molecule has 0 aromatic carbocycles. The number of hydrogen-bond donors (Lipinski definition) is 3. The zero-order valence-electron chi connectivity index (χ0n) is 12.6. The van der Waals surface area contributed by atoms with Gasteiger partial charge in [-0.15, -0.1) is 0 Å². The Hall–Kier alpha value is -2.12. The summed E-state index contributed by atoms with van der Waals surface area (Å²) in [7, 11) is 3.61. The number of hydrogen-bond acceptors (Lipinski definition) is 7. The minimum atomic E-state index is -0.453. The quantitative estimate of drug-likeness (QED) is 0.678. The van der Waals surface area contributed by atoms with E-state index in [9.17, 15) is 4.79 Å². The summed E-state index contributed by atoms with van der Waals surface area (Å²) in [5.41, 5.74) is 5.62. The van der Waals surface area contributed by atoms with Crippen LogP contribution in [0, 0.1) is 5.92 Å². The monoisotopic (exact) mass is 281 g/mol. The lowest BCUT2D eigenvalue weighted by Crippen LogP contribution is -2.39. The van der Waals surface area contributed by atoms with E-state index in [4.69, 9.17) is 5.73 Å². The third-order valence-corrected chi connectivity index (χ3v) is 2.46. The Morgan fingerprint density at radius 3 is 2.45 bits per heavy atom. The van der Waals surface area contributed by atoms with Gasteiger partial charge in [-0.2, -0.15) is 15.0 Å². The van der Waals surface area contributed by atoms with Gasteiger partial charge in [-0.3, -0.25) is 4.79 Å². The lowest BCUT2D eigenvalue weighted by molar-refractivity contribution is -0.121. The van der Waals surface area contributed by atoms with Crippen molar-refractivity contribution in [3.8, 4) is 0 Å². The fourth-order valence-corrected chi connectivity index (χ4v) is 1.36. The predicted molar refractivity (Wildman–Crippen MR) is 79.5 cm³/mol. The van der Waals surface area contributed by atoms with Crippen molar-refractivity contribution in [2.24, 2.45) is 5.92 Å². The number of nitrogens with two attached hydrogens (primary N) is 1. The van der Waals surface area contributed by atoms with Crippen molar-refractivity contribution in [1.82, 2.24) is 20.3 Å². The first-order chi connectivity index (χ1) is 9.29. The summed E-state index contributed by atoms with van der Waals surface area (Å²) in [5.74, 6) is 1.13. The third-order valence-electron chi connectivity index (χ3n) is 2.46. The molecule has 4 N–H and O–H groups in total. The van der Waals surface area contributed by atoms with Crippen LogP contribution in [0.4, 0.5) is 17.8 Å². The van der Waals surface area contributed by atoms with Crippen molar-refractivity contribution >= 4 is 23.8 Å². The molecule has 0 spiro atoms. The number of anilines is 3. The van der Waals surface area contributed by atoms with Crippen molar-refractivity contribution in [2.75, 3.05) is 36.6 Å². The van der Waals surface area contributed by atoms with Crippen LogP contribution in [0.25, 0.3) is 0 Å². The second-order valence-corrected chi connectivity index (χ2v) is 5.22. The van der Waals surface area contributed by atoms with E-state index in [2.05, 4.69) is 25.6 Å². The van der Waals surface area contributed by atoms with Crippen LogP contribution in [0.1, 0.15) is 20.8 Å². The molecular weight excluding hydrogens is 258 g/mol. The second kappa shape index (κ2) is 6.88. The molecule has 1 amide bonds. The first-order valence-electron chi connectivity index (χ1n) is 6.52. The molecule has 0 aliphatic rings.